The number of hydrogen-bond acceptors (Lipinski definition) is 3. The Balaban J connectivity index is 1.29. The van der Waals surface area contributed by atoms with Crippen LogP contribution in [0.4, 0.5) is 18.0 Å². The molecule has 8 heteroatoms. The lowest BCUT2D eigenvalue weighted by atomic mass is 10.0. The summed E-state index contributed by atoms with van der Waals surface area (Å²) in [4.78, 5) is 17.3. The Morgan fingerprint density at radius 2 is 1.79 bits per heavy atom. The van der Waals surface area contributed by atoms with Crippen LogP contribution in [-0.2, 0) is 12.7 Å². The molecule has 1 fully saturated rings. The summed E-state index contributed by atoms with van der Waals surface area (Å²) >= 11 is 0. The van der Waals surface area contributed by atoms with Gasteiger partial charge in [0.2, 0.25) is 5.88 Å². The third-order valence-electron chi connectivity index (χ3n) is 4.75. The second-order valence-corrected chi connectivity index (χ2v) is 6.80. The van der Waals surface area contributed by atoms with Crippen LogP contribution in [0.15, 0.2) is 60.7 Å². The first kappa shape index (κ1) is 19.0. The van der Waals surface area contributed by atoms with Gasteiger partial charge in [0.05, 0.1) is 13.1 Å². The van der Waals surface area contributed by atoms with Gasteiger partial charge in [-0.2, -0.15) is 13.2 Å². The van der Waals surface area contributed by atoms with E-state index in [1.54, 1.807) is 4.90 Å². The van der Waals surface area contributed by atoms with Crippen molar-refractivity contribution in [3.05, 3.63) is 71.9 Å². The monoisotopic (exact) mass is 401 g/mol. The van der Waals surface area contributed by atoms with E-state index in [2.05, 4.69) is 10.3 Å². The molecule has 1 aliphatic rings. The van der Waals surface area contributed by atoms with Crippen molar-refractivity contribution in [2.45, 2.75) is 18.8 Å². The van der Waals surface area contributed by atoms with E-state index in [9.17, 15) is 18.0 Å². The average molecular weight is 401 g/mol. The summed E-state index contributed by atoms with van der Waals surface area (Å²) in [5, 5.41) is 5.05. The standard InChI is InChI=1S/C21H18F3N3O2/c22-21(23,24)18-9-4-10-19(26-18)29-16-12-27(13-16)20(28)25-11-15-7-3-6-14-5-1-2-8-17(14)15/h1-10,16H,11-13H2,(H,25,28). The molecule has 0 spiro atoms. The number of fused-ring (bicyclic) bond motifs is 1. The van der Waals surface area contributed by atoms with Crippen LogP contribution in [-0.4, -0.2) is 35.1 Å². The number of ether oxygens (including phenoxy) is 1. The number of benzene rings is 2. The minimum Gasteiger partial charge on any atom is -0.471 e. The Morgan fingerprint density at radius 3 is 2.59 bits per heavy atom. The number of aromatic nitrogens is 1. The molecule has 1 N–H and O–H groups in total. The van der Waals surface area contributed by atoms with E-state index in [0.717, 1.165) is 22.4 Å². The second-order valence-electron chi connectivity index (χ2n) is 6.80. The molecule has 150 valence electrons. The molecule has 2 aromatic carbocycles. The molecule has 5 nitrogen and oxygen atoms in total. The summed E-state index contributed by atoms with van der Waals surface area (Å²) in [6, 6.07) is 17.1. The van der Waals surface area contributed by atoms with Gasteiger partial charge in [0.1, 0.15) is 11.8 Å². The molecular weight excluding hydrogens is 383 g/mol. The summed E-state index contributed by atoms with van der Waals surface area (Å²) in [7, 11) is 0. The maximum Gasteiger partial charge on any atom is 0.433 e. The molecule has 1 saturated heterocycles. The zero-order chi connectivity index (χ0) is 20.4. The predicted molar refractivity (Wildman–Crippen MR) is 101 cm³/mol. The maximum absolute atomic E-state index is 12.7. The van der Waals surface area contributed by atoms with Crippen molar-refractivity contribution < 1.29 is 22.7 Å². The first-order valence-corrected chi connectivity index (χ1v) is 9.10. The Hall–Kier alpha value is -3.29. The lowest BCUT2D eigenvalue weighted by Crippen LogP contribution is -2.58. The summed E-state index contributed by atoms with van der Waals surface area (Å²) in [5.41, 5.74) is 0.0111. The molecule has 2 amide bonds. The van der Waals surface area contributed by atoms with Crippen LogP contribution < -0.4 is 10.1 Å². The van der Waals surface area contributed by atoms with Crippen LogP contribution in [0.2, 0.25) is 0 Å². The molecule has 1 aliphatic heterocycles. The van der Waals surface area contributed by atoms with Gasteiger partial charge in [0.15, 0.2) is 0 Å². The molecule has 0 bridgehead atoms. The summed E-state index contributed by atoms with van der Waals surface area (Å²) in [5.74, 6) is -0.0966. The smallest absolute Gasteiger partial charge is 0.433 e. The fourth-order valence-electron chi connectivity index (χ4n) is 3.22. The summed E-state index contributed by atoms with van der Waals surface area (Å²) in [6.07, 6.45) is -4.90. The molecule has 0 radical (unpaired) electrons. The molecule has 0 saturated carbocycles. The molecule has 0 aliphatic carbocycles. The maximum atomic E-state index is 12.7. The highest BCUT2D eigenvalue weighted by molar-refractivity contribution is 5.86. The topological polar surface area (TPSA) is 54.5 Å². The molecule has 4 rings (SSSR count). The van der Waals surface area contributed by atoms with Crippen LogP contribution in [0.1, 0.15) is 11.3 Å². The Labute approximate surface area is 165 Å². The van der Waals surface area contributed by atoms with Crippen LogP contribution >= 0.6 is 0 Å². The van der Waals surface area contributed by atoms with Crippen molar-refractivity contribution in [2.24, 2.45) is 0 Å². The van der Waals surface area contributed by atoms with E-state index in [-0.39, 0.29) is 18.0 Å². The number of nitrogens with one attached hydrogen (secondary N) is 1. The van der Waals surface area contributed by atoms with Gasteiger partial charge in [-0.05, 0) is 22.4 Å². The van der Waals surface area contributed by atoms with E-state index in [4.69, 9.17) is 4.74 Å². The zero-order valence-corrected chi connectivity index (χ0v) is 15.3. The first-order valence-electron chi connectivity index (χ1n) is 9.10. The minimum absolute atomic E-state index is 0.0966. The predicted octanol–water partition coefficient (Wildman–Crippen LogP) is 4.23. The molecule has 0 unspecified atom stereocenters. The van der Waals surface area contributed by atoms with Crippen molar-refractivity contribution in [3.8, 4) is 5.88 Å². The number of carbonyl (C=O) groups excluding carboxylic acids is 1. The van der Waals surface area contributed by atoms with E-state index in [1.807, 2.05) is 42.5 Å². The van der Waals surface area contributed by atoms with Crippen molar-refractivity contribution in [2.75, 3.05) is 13.1 Å². The lowest BCUT2D eigenvalue weighted by molar-refractivity contribution is -0.141. The number of hydrogen-bond donors (Lipinski definition) is 1. The van der Waals surface area contributed by atoms with Crippen molar-refractivity contribution in [3.63, 3.8) is 0 Å². The van der Waals surface area contributed by atoms with Crippen LogP contribution in [0.5, 0.6) is 5.88 Å². The highest BCUT2D eigenvalue weighted by Crippen LogP contribution is 2.29. The molecule has 0 atom stereocenters. The molecule has 29 heavy (non-hydrogen) atoms. The van der Waals surface area contributed by atoms with Gasteiger partial charge in [-0.15, -0.1) is 0 Å². The number of likely N-dealkylation sites (tertiary alicyclic amines) is 1. The minimum atomic E-state index is -4.52. The molecule has 1 aromatic heterocycles. The first-order chi connectivity index (χ1) is 13.9. The fraction of sp³-hybridized carbons (Fsp3) is 0.238. The van der Waals surface area contributed by atoms with E-state index >= 15 is 0 Å². The number of carbonyl (C=O) groups is 1. The highest BCUT2D eigenvalue weighted by Gasteiger charge is 2.35. The third kappa shape index (κ3) is 4.26. The van der Waals surface area contributed by atoms with Crippen LogP contribution in [0.3, 0.4) is 0 Å². The fourth-order valence-corrected chi connectivity index (χ4v) is 3.22. The summed E-state index contributed by atoms with van der Waals surface area (Å²) < 4.78 is 43.6. The lowest BCUT2D eigenvalue weighted by Gasteiger charge is -2.38. The normalized spacial score (nSPS) is 14.5. The van der Waals surface area contributed by atoms with Gasteiger partial charge in [0, 0.05) is 12.6 Å². The van der Waals surface area contributed by atoms with E-state index in [0.29, 0.717) is 19.6 Å². The average Bonchev–Trinajstić information content (AvgIpc) is 2.68. The van der Waals surface area contributed by atoms with Crippen LogP contribution in [0, 0.1) is 0 Å². The van der Waals surface area contributed by atoms with Crippen molar-refractivity contribution in [1.82, 2.24) is 15.2 Å². The van der Waals surface area contributed by atoms with Crippen LogP contribution in [0.25, 0.3) is 10.8 Å². The Morgan fingerprint density at radius 1 is 1.07 bits per heavy atom. The van der Waals surface area contributed by atoms with Crippen molar-refractivity contribution >= 4 is 16.8 Å². The van der Waals surface area contributed by atoms with Gasteiger partial charge < -0.3 is 15.0 Å². The molecule has 3 aromatic rings. The van der Waals surface area contributed by atoms with Gasteiger partial charge in [-0.1, -0.05) is 48.5 Å². The van der Waals surface area contributed by atoms with Gasteiger partial charge >= 0.3 is 12.2 Å². The number of urea groups is 1. The van der Waals surface area contributed by atoms with E-state index < -0.39 is 11.9 Å². The number of rotatable bonds is 4. The quantitative estimate of drug-likeness (QED) is 0.712. The number of pyridine rings is 1. The summed E-state index contributed by atoms with van der Waals surface area (Å²) in [6.45, 7) is 0.968. The molecular formula is C21H18F3N3O2. The molecule has 2 heterocycles. The third-order valence-corrected chi connectivity index (χ3v) is 4.75. The SMILES string of the molecule is O=C(NCc1cccc2ccccc12)N1CC(Oc2cccc(C(F)(F)F)n2)C1. The Kier molecular flexibility index (Phi) is 5.00. The zero-order valence-electron chi connectivity index (χ0n) is 15.3. The number of halogens is 3. The Bertz CT molecular complexity index is 1030. The van der Waals surface area contributed by atoms with E-state index in [1.165, 1.54) is 12.1 Å². The number of nitrogens with zero attached hydrogens (tertiary/aromatic N) is 2. The van der Waals surface area contributed by atoms with Gasteiger partial charge in [0.25, 0.3) is 0 Å². The van der Waals surface area contributed by atoms with Crippen molar-refractivity contribution in [1.29, 1.82) is 0 Å². The number of amides is 2. The largest absolute Gasteiger partial charge is 0.471 e. The van der Waals surface area contributed by atoms with Gasteiger partial charge in [-0.3, -0.25) is 0 Å². The highest BCUT2D eigenvalue weighted by atomic mass is 19.4. The number of alkyl halides is 3. The second kappa shape index (κ2) is 7.62. The van der Waals surface area contributed by atoms with Gasteiger partial charge in [-0.25, -0.2) is 9.78 Å².